The van der Waals surface area contributed by atoms with Crippen LogP contribution in [0, 0.1) is 17.2 Å². The van der Waals surface area contributed by atoms with Crippen LogP contribution in [0.5, 0.6) is 0 Å². The highest BCUT2D eigenvalue weighted by Gasteiger charge is 2.53. The van der Waals surface area contributed by atoms with Gasteiger partial charge in [-0.1, -0.05) is 30.3 Å². The summed E-state index contributed by atoms with van der Waals surface area (Å²) in [5.41, 5.74) is 0.534. The number of rotatable bonds is 2. The highest BCUT2D eigenvalue weighted by Crippen LogP contribution is 2.43. The summed E-state index contributed by atoms with van der Waals surface area (Å²) in [6, 6.07) is 13.1. The molecule has 0 aromatic heterocycles. The standard InChI is InChI=1S/C21H29N3O2/c1-20(2,3)26-19(25)23-13-17-11-15(12-22)18(14-23)24(17)21(4,5)16-9-7-6-8-10-16/h6-10,15,17-18H,11,13-14H2,1-5H3/t15-,17+,18+/m1/s1. The summed E-state index contributed by atoms with van der Waals surface area (Å²) in [5.74, 6) is -0.0598. The Labute approximate surface area is 156 Å². The molecule has 2 fully saturated rings. The van der Waals surface area contributed by atoms with E-state index >= 15 is 0 Å². The molecule has 2 aliphatic rings. The van der Waals surface area contributed by atoms with Crippen LogP contribution in [-0.4, -0.2) is 46.7 Å². The van der Waals surface area contributed by atoms with Crippen molar-refractivity contribution in [2.75, 3.05) is 13.1 Å². The van der Waals surface area contributed by atoms with Gasteiger partial charge in [-0.2, -0.15) is 5.26 Å². The smallest absolute Gasteiger partial charge is 0.410 e. The van der Waals surface area contributed by atoms with Crippen LogP contribution in [0.1, 0.15) is 46.6 Å². The van der Waals surface area contributed by atoms with Crippen LogP contribution in [0.2, 0.25) is 0 Å². The van der Waals surface area contributed by atoms with Gasteiger partial charge in [0, 0.05) is 30.7 Å². The first-order valence-electron chi connectivity index (χ1n) is 9.35. The van der Waals surface area contributed by atoms with E-state index in [-0.39, 0.29) is 29.6 Å². The third-order valence-corrected chi connectivity index (χ3v) is 5.52. The van der Waals surface area contributed by atoms with Crippen LogP contribution in [0.25, 0.3) is 0 Å². The number of fused-ring (bicyclic) bond motifs is 2. The predicted molar refractivity (Wildman–Crippen MR) is 100 cm³/mol. The SMILES string of the molecule is CC(C)(C)OC(=O)N1C[C@@H]2C[C@H](C#N)[C@H](C1)N2C(C)(C)c1ccccc1. The van der Waals surface area contributed by atoms with Crippen LogP contribution < -0.4 is 0 Å². The molecule has 0 N–H and O–H groups in total. The molecule has 3 rings (SSSR count). The molecule has 2 bridgehead atoms. The Balaban J connectivity index is 1.85. The zero-order valence-corrected chi connectivity index (χ0v) is 16.4. The second-order valence-corrected chi connectivity index (χ2v) is 8.91. The second-order valence-electron chi connectivity index (χ2n) is 8.91. The fourth-order valence-electron chi connectivity index (χ4n) is 4.44. The Kier molecular flexibility index (Phi) is 4.74. The van der Waals surface area contributed by atoms with Gasteiger partial charge in [0.2, 0.25) is 0 Å². The zero-order chi connectivity index (χ0) is 19.1. The molecule has 0 spiro atoms. The van der Waals surface area contributed by atoms with Crippen molar-refractivity contribution in [1.82, 2.24) is 9.80 Å². The number of nitrogens with zero attached hydrogens (tertiary/aromatic N) is 3. The van der Waals surface area contributed by atoms with Gasteiger partial charge in [-0.3, -0.25) is 4.90 Å². The van der Waals surface area contributed by atoms with Gasteiger partial charge in [0.25, 0.3) is 0 Å². The molecule has 2 saturated heterocycles. The fraction of sp³-hybridized carbons (Fsp3) is 0.619. The molecule has 3 atom stereocenters. The van der Waals surface area contributed by atoms with Gasteiger partial charge >= 0.3 is 6.09 Å². The Morgan fingerprint density at radius 1 is 1.15 bits per heavy atom. The van der Waals surface area contributed by atoms with E-state index in [1.807, 2.05) is 26.8 Å². The minimum atomic E-state index is -0.509. The Morgan fingerprint density at radius 3 is 2.38 bits per heavy atom. The number of amides is 1. The van der Waals surface area contributed by atoms with E-state index in [0.717, 1.165) is 6.42 Å². The average Bonchev–Trinajstić information content (AvgIpc) is 2.81. The second kappa shape index (κ2) is 6.59. The molecule has 0 radical (unpaired) electrons. The maximum atomic E-state index is 12.6. The number of nitriles is 1. The highest BCUT2D eigenvalue weighted by molar-refractivity contribution is 5.68. The van der Waals surface area contributed by atoms with Crippen molar-refractivity contribution < 1.29 is 9.53 Å². The van der Waals surface area contributed by atoms with Crippen molar-refractivity contribution >= 4 is 6.09 Å². The summed E-state index contributed by atoms with van der Waals surface area (Å²) in [6.07, 6.45) is 0.528. The molecule has 140 valence electrons. The maximum absolute atomic E-state index is 12.6. The molecule has 1 aromatic carbocycles. The number of piperazine rings is 1. The third-order valence-electron chi connectivity index (χ3n) is 5.52. The van der Waals surface area contributed by atoms with Crippen molar-refractivity contribution in [3.63, 3.8) is 0 Å². The molecule has 1 amide bonds. The number of carbonyl (C=O) groups is 1. The number of likely N-dealkylation sites (tertiary alicyclic amines) is 1. The quantitative estimate of drug-likeness (QED) is 0.811. The van der Waals surface area contributed by atoms with E-state index in [1.54, 1.807) is 4.90 Å². The predicted octanol–water partition coefficient (Wildman–Crippen LogP) is 3.76. The lowest BCUT2D eigenvalue weighted by atomic mass is 9.89. The summed E-state index contributed by atoms with van der Waals surface area (Å²) >= 11 is 0. The zero-order valence-electron chi connectivity index (χ0n) is 16.4. The van der Waals surface area contributed by atoms with Crippen molar-refractivity contribution in [2.24, 2.45) is 5.92 Å². The normalized spacial score (nSPS) is 26.5. The van der Waals surface area contributed by atoms with Crippen molar-refractivity contribution in [3.8, 4) is 6.07 Å². The molecular weight excluding hydrogens is 326 g/mol. The van der Waals surface area contributed by atoms with E-state index in [9.17, 15) is 10.1 Å². The highest BCUT2D eigenvalue weighted by atomic mass is 16.6. The molecule has 2 aliphatic heterocycles. The van der Waals surface area contributed by atoms with Gasteiger partial charge in [0.15, 0.2) is 0 Å². The molecule has 1 aromatic rings. The Bertz CT molecular complexity index is 702. The molecule has 0 unspecified atom stereocenters. The minimum absolute atomic E-state index is 0.0291. The molecule has 5 nitrogen and oxygen atoms in total. The fourth-order valence-corrected chi connectivity index (χ4v) is 4.44. The molecule has 0 saturated carbocycles. The molecule has 0 aliphatic carbocycles. The largest absolute Gasteiger partial charge is 0.444 e. The number of ether oxygens (including phenoxy) is 1. The number of hydrogen-bond acceptors (Lipinski definition) is 4. The lowest BCUT2D eigenvalue weighted by Crippen LogP contribution is -2.61. The van der Waals surface area contributed by atoms with Crippen LogP contribution >= 0.6 is 0 Å². The Morgan fingerprint density at radius 2 is 1.81 bits per heavy atom. The van der Waals surface area contributed by atoms with E-state index in [1.165, 1.54) is 5.56 Å². The van der Waals surface area contributed by atoms with Crippen molar-refractivity contribution in [1.29, 1.82) is 5.26 Å². The maximum Gasteiger partial charge on any atom is 0.410 e. The first-order chi connectivity index (χ1) is 12.1. The molecule has 5 heteroatoms. The van der Waals surface area contributed by atoms with Gasteiger partial charge in [0.1, 0.15) is 5.60 Å². The van der Waals surface area contributed by atoms with Crippen molar-refractivity contribution in [2.45, 2.75) is 64.3 Å². The molecule has 2 heterocycles. The Hall–Kier alpha value is -2.06. The summed E-state index contributed by atoms with van der Waals surface area (Å²) in [5, 5.41) is 9.67. The molecular formula is C21H29N3O2. The number of carbonyl (C=O) groups excluding carboxylic acids is 1. The van der Waals surface area contributed by atoms with Crippen LogP contribution in [0.15, 0.2) is 30.3 Å². The summed E-state index contributed by atoms with van der Waals surface area (Å²) in [4.78, 5) is 16.8. The van der Waals surface area contributed by atoms with E-state index < -0.39 is 5.60 Å². The summed E-state index contributed by atoms with van der Waals surface area (Å²) < 4.78 is 5.56. The van der Waals surface area contributed by atoms with E-state index in [4.69, 9.17) is 4.74 Å². The minimum Gasteiger partial charge on any atom is -0.444 e. The van der Waals surface area contributed by atoms with Gasteiger partial charge in [-0.05, 0) is 46.6 Å². The van der Waals surface area contributed by atoms with Gasteiger partial charge < -0.3 is 9.64 Å². The third kappa shape index (κ3) is 3.43. The van der Waals surface area contributed by atoms with E-state index in [0.29, 0.717) is 13.1 Å². The monoisotopic (exact) mass is 355 g/mol. The first-order valence-corrected chi connectivity index (χ1v) is 9.35. The van der Waals surface area contributed by atoms with Gasteiger partial charge in [0.05, 0.1) is 12.0 Å². The van der Waals surface area contributed by atoms with E-state index in [2.05, 4.69) is 49.1 Å². The van der Waals surface area contributed by atoms with Crippen LogP contribution in [-0.2, 0) is 10.3 Å². The topological polar surface area (TPSA) is 56.6 Å². The lowest BCUT2D eigenvalue weighted by Gasteiger charge is -2.49. The van der Waals surface area contributed by atoms with Crippen LogP contribution in [0.4, 0.5) is 4.79 Å². The molecule has 26 heavy (non-hydrogen) atoms. The first kappa shape index (κ1) is 18.7. The number of benzene rings is 1. The van der Waals surface area contributed by atoms with Gasteiger partial charge in [-0.15, -0.1) is 0 Å². The summed E-state index contributed by atoms with van der Waals surface area (Å²) in [7, 11) is 0. The lowest BCUT2D eigenvalue weighted by molar-refractivity contribution is -0.0297. The van der Waals surface area contributed by atoms with Crippen LogP contribution in [0.3, 0.4) is 0 Å². The number of hydrogen-bond donors (Lipinski definition) is 0. The average molecular weight is 355 g/mol. The summed E-state index contributed by atoms with van der Waals surface area (Å²) in [6.45, 7) is 11.2. The van der Waals surface area contributed by atoms with Crippen molar-refractivity contribution in [3.05, 3.63) is 35.9 Å². The van der Waals surface area contributed by atoms with Gasteiger partial charge in [-0.25, -0.2) is 4.79 Å².